The Morgan fingerprint density at radius 2 is 1.88 bits per heavy atom. The fourth-order valence-electron chi connectivity index (χ4n) is 2.87. The van der Waals surface area contributed by atoms with E-state index in [9.17, 15) is 19.2 Å². The summed E-state index contributed by atoms with van der Waals surface area (Å²) in [6.45, 7) is 3.96. The van der Waals surface area contributed by atoms with Gasteiger partial charge in [-0.2, -0.15) is 0 Å². The minimum atomic E-state index is -0.965. The van der Waals surface area contributed by atoms with Crippen LogP contribution in [0.2, 0.25) is 0 Å². The van der Waals surface area contributed by atoms with E-state index in [0.717, 1.165) is 21.2 Å². The van der Waals surface area contributed by atoms with Crippen LogP contribution in [0, 0.1) is 13.8 Å². The molecule has 25 heavy (non-hydrogen) atoms. The molecule has 1 aliphatic heterocycles. The largest absolute Gasteiger partial charge is 0.343 e. The van der Waals surface area contributed by atoms with E-state index in [-0.39, 0.29) is 5.78 Å². The number of likely N-dealkylation sites (N-methyl/N-ethyl adjacent to an activating group) is 1. The number of urea groups is 1. The van der Waals surface area contributed by atoms with Gasteiger partial charge in [0.2, 0.25) is 0 Å². The van der Waals surface area contributed by atoms with E-state index in [1.165, 1.54) is 7.05 Å². The van der Waals surface area contributed by atoms with Crippen molar-refractivity contribution in [2.45, 2.75) is 20.4 Å². The van der Waals surface area contributed by atoms with Gasteiger partial charge in [-0.15, -0.1) is 11.3 Å². The fraction of sp³-hybridized carbons (Fsp3) is 0.294. The van der Waals surface area contributed by atoms with Crippen LogP contribution in [0.1, 0.15) is 26.6 Å². The Hall–Kier alpha value is -2.74. The Morgan fingerprint density at radius 3 is 2.44 bits per heavy atom. The van der Waals surface area contributed by atoms with E-state index >= 15 is 0 Å². The fourth-order valence-corrected chi connectivity index (χ4v) is 3.56. The lowest BCUT2D eigenvalue weighted by Crippen LogP contribution is -2.36. The third-order valence-corrected chi connectivity index (χ3v) is 5.18. The van der Waals surface area contributed by atoms with E-state index in [0.29, 0.717) is 17.0 Å². The molecule has 0 aromatic carbocycles. The third-order valence-electron chi connectivity index (χ3n) is 4.32. The second-order valence-corrected chi connectivity index (χ2v) is 6.94. The van der Waals surface area contributed by atoms with Crippen LogP contribution in [0.3, 0.4) is 0 Å². The molecule has 0 unspecified atom stereocenters. The van der Waals surface area contributed by atoms with Crippen molar-refractivity contribution in [2.24, 2.45) is 0 Å². The molecule has 3 heterocycles. The van der Waals surface area contributed by atoms with Gasteiger partial charge in [-0.05, 0) is 31.4 Å². The Labute approximate surface area is 148 Å². The molecule has 130 valence electrons. The zero-order chi connectivity index (χ0) is 18.3. The van der Waals surface area contributed by atoms with Gasteiger partial charge in [0.25, 0.3) is 0 Å². The quantitative estimate of drug-likeness (QED) is 0.463. The van der Waals surface area contributed by atoms with Gasteiger partial charge in [0.05, 0.1) is 13.1 Å². The lowest BCUT2D eigenvalue weighted by atomic mass is 10.1. The van der Waals surface area contributed by atoms with E-state index < -0.39 is 24.4 Å². The number of carbonyl (C=O) groups is 4. The summed E-state index contributed by atoms with van der Waals surface area (Å²) in [6.07, 6.45) is 0. The average molecular weight is 359 g/mol. The van der Waals surface area contributed by atoms with Crippen LogP contribution >= 0.6 is 11.3 Å². The van der Waals surface area contributed by atoms with Gasteiger partial charge in [-0.3, -0.25) is 19.3 Å². The molecule has 4 amide bonds. The lowest BCUT2D eigenvalue weighted by molar-refractivity contribution is -0.142. The topological polar surface area (TPSA) is 79.7 Å². The molecule has 0 radical (unpaired) electrons. The first-order valence-corrected chi connectivity index (χ1v) is 8.55. The number of nitrogens with zero attached hydrogens (tertiary/aromatic N) is 3. The minimum absolute atomic E-state index is 0.365. The van der Waals surface area contributed by atoms with E-state index in [1.54, 1.807) is 17.4 Å². The number of hydrogen-bond acceptors (Lipinski definition) is 5. The smallest absolute Gasteiger partial charge is 0.334 e. The molecule has 2 aromatic heterocycles. The number of aromatic nitrogens is 1. The number of hydrogen-bond donors (Lipinski definition) is 0. The molecule has 0 atom stereocenters. The Bertz CT molecular complexity index is 882. The predicted octanol–water partition coefficient (Wildman–Crippen LogP) is 1.82. The summed E-state index contributed by atoms with van der Waals surface area (Å²) in [7, 11) is 1.22. The van der Waals surface area contributed by atoms with E-state index in [4.69, 9.17) is 0 Å². The summed E-state index contributed by atoms with van der Waals surface area (Å²) in [5.41, 5.74) is 2.15. The summed E-state index contributed by atoms with van der Waals surface area (Å²) in [5.74, 6) is -2.25. The average Bonchev–Trinajstić information content (AvgIpc) is 3.24. The Morgan fingerprint density at radius 1 is 1.16 bits per heavy atom. The minimum Gasteiger partial charge on any atom is -0.343 e. The molecular formula is C17H17N3O4S. The van der Waals surface area contributed by atoms with Gasteiger partial charge in [-0.25, -0.2) is 9.69 Å². The second kappa shape index (κ2) is 6.29. The van der Waals surface area contributed by atoms with Crippen molar-refractivity contribution in [1.29, 1.82) is 0 Å². The van der Waals surface area contributed by atoms with Gasteiger partial charge in [0.15, 0.2) is 5.78 Å². The van der Waals surface area contributed by atoms with Gasteiger partial charge >= 0.3 is 17.8 Å². The van der Waals surface area contributed by atoms with Gasteiger partial charge in [0.1, 0.15) is 0 Å². The summed E-state index contributed by atoms with van der Waals surface area (Å²) in [4.78, 5) is 50.5. The van der Waals surface area contributed by atoms with Crippen LogP contribution in [-0.2, 0) is 16.1 Å². The predicted molar refractivity (Wildman–Crippen MR) is 91.5 cm³/mol. The first kappa shape index (κ1) is 17.1. The molecule has 7 nitrogen and oxygen atoms in total. The van der Waals surface area contributed by atoms with Crippen LogP contribution in [-0.4, -0.2) is 51.6 Å². The van der Waals surface area contributed by atoms with Crippen LogP contribution < -0.4 is 0 Å². The maximum Gasteiger partial charge on any atom is 0.334 e. The molecule has 2 aromatic rings. The number of imide groups is 2. The number of rotatable bonds is 5. The summed E-state index contributed by atoms with van der Waals surface area (Å²) in [6, 6.07) is 4.98. The van der Waals surface area contributed by atoms with Crippen molar-refractivity contribution in [2.75, 3.05) is 13.6 Å². The molecule has 3 rings (SSSR count). The number of amides is 4. The molecule has 0 bridgehead atoms. The molecule has 1 aliphatic rings. The molecule has 1 saturated heterocycles. The normalized spacial score (nSPS) is 14.8. The molecule has 0 N–H and O–H groups in total. The second-order valence-electron chi connectivity index (χ2n) is 5.91. The third kappa shape index (κ3) is 2.89. The number of aryl methyl sites for hydroxylation is 1. The standard InChI is InChI=1S/C17H17N3O4S/c1-10-7-13(11(2)19(10)8-12-5-4-6-25-12)14(21)9-20-16(23)15(22)18(3)17(20)24/h4-7H,8-9H2,1-3H3. The Kier molecular flexibility index (Phi) is 4.30. The van der Waals surface area contributed by atoms with Gasteiger partial charge < -0.3 is 4.57 Å². The maximum absolute atomic E-state index is 12.6. The Balaban J connectivity index is 1.83. The first-order valence-electron chi connectivity index (χ1n) is 7.67. The zero-order valence-electron chi connectivity index (χ0n) is 14.1. The molecular weight excluding hydrogens is 342 g/mol. The number of ketones is 1. The highest BCUT2D eigenvalue weighted by Gasteiger charge is 2.43. The van der Waals surface area contributed by atoms with Crippen LogP contribution in [0.5, 0.6) is 0 Å². The van der Waals surface area contributed by atoms with Crippen LogP contribution in [0.15, 0.2) is 23.6 Å². The highest BCUT2D eigenvalue weighted by molar-refractivity contribution is 7.09. The number of Topliss-reactive ketones (excluding diaryl/α,β-unsaturated/α-hetero) is 1. The van der Waals surface area contributed by atoms with Gasteiger partial charge in [0, 0.05) is 28.9 Å². The van der Waals surface area contributed by atoms with Crippen molar-refractivity contribution < 1.29 is 19.2 Å². The first-order chi connectivity index (χ1) is 11.8. The molecule has 0 aliphatic carbocycles. The summed E-state index contributed by atoms with van der Waals surface area (Å²) >= 11 is 1.63. The lowest BCUT2D eigenvalue weighted by Gasteiger charge is -2.12. The SMILES string of the molecule is Cc1cc(C(=O)CN2C(=O)C(=O)N(C)C2=O)c(C)n1Cc1cccs1. The van der Waals surface area contributed by atoms with E-state index in [2.05, 4.69) is 0 Å². The zero-order valence-corrected chi connectivity index (χ0v) is 14.9. The van der Waals surface area contributed by atoms with Crippen LogP contribution in [0.4, 0.5) is 4.79 Å². The molecule has 0 spiro atoms. The van der Waals surface area contributed by atoms with Crippen molar-refractivity contribution in [3.05, 3.63) is 45.4 Å². The summed E-state index contributed by atoms with van der Waals surface area (Å²) < 4.78 is 2.02. The monoisotopic (exact) mass is 359 g/mol. The van der Waals surface area contributed by atoms with Crippen LogP contribution in [0.25, 0.3) is 0 Å². The van der Waals surface area contributed by atoms with E-state index in [1.807, 2.05) is 35.9 Å². The number of carbonyl (C=O) groups excluding carboxylic acids is 4. The van der Waals surface area contributed by atoms with Crippen molar-refractivity contribution in [3.8, 4) is 0 Å². The highest BCUT2D eigenvalue weighted by Crippen LogP contribution is 2.21. The molecule has 1 fully saturated rings. The summed E-state index contributed by atoms with van der Waals surface area (Å²) in [5, 5.41) is 1.99. The van der Waals surface area contributed by atoms with Crippen molar-refractivity contribution >= 4 is 35.0 Å². The maximum atomic E-state index is 12.6. The van der Waals surface area contributed by atoms with Crippen molar-refractivity contribution in [1.82, 2.24) is 14.4 Å². The molecule has 0 saturated carbocycles. The highest BCUT2D eigenvalue weighted by atomic mass is 32.1. The van der Waals surface area contributed by atoms with Gasteiger partial charge in [-0.1, -0.05) is 6.07 Å². The number of thiophene rings is 1. The van der Waals surface area contributed by atoms with Crippen molar-refractivity contribution in [3.63, 3.8) is 0 Å². The molecule has 8 heteroatoms.